The first kappa shape index (κ1) is 16.0. The highest BCUT2D eigenvalue weighted by Crippen LogP contribution is 2.19. The zero-order chi connectivity index (χ0) is 14.5. The molecule has 0 aliphatic rings. The maximum atomic E-state index is 10.2. The van der Waals surface area contributed by atoms with Crippen LogP contribution in [0.1, 0.15) is 18.1 Å². The molecule has 0 aromatic heterocycles. The molecule has 19 heavy (non-hydrogen) atoms. The minimum atomic E-state index is -0.736. The normalized spacial score (nSPS) is 14.5. The molecule has 4 nitrogen and oxygen atoms in total. The number of aryl methyl sites for hydroxylation is 1. The minimum Gasteiger partial charge on any atom is -0.496 e. The van der Waals surface area contributed by atoms with Crippen LogP contribution in [-0.4, -0.2) is 49.9 Å². The third kappa shape index (κ3) is 5.59. The summed E-state index contributed by atoms with van der Waals surface area (Å²) in [6, 6.07) is 6.11. The summed E-state index contributed by atoms with van der Waals surface area (Å²) in [4.78, 5) is 1.98. The Morgan fingerprint density at radius 1 is 1.37 bits per heavy atom. The first-order chi connectivity index (χ1) is 8.84. The summed E-state index contributed by atoms with van der Waals surface area (Å²) < 4.78 is 5.34. The molecule has 0 saturated carbocycles. The maximum Gasteiger partial charge on any atom is 0.123 e. The Morgan fingerprint density at radius 3 is 2.63 bits per heavy atom. The molecule has 0 aliphatic carbocycles. The van der Waals surface area contributed by atoms with Gasteiger partial charge in [0.05, 0.1) is 12.7 Å². The van der Waals surface area contributed by atoms with Gasteiger partial charge in [-0.25, -0.2) is 0 Å². The van der Waals surface area contributed by atoms with Crippen LogP contribution in [0.2, 0.25) is 0 Å². The van der Waals surface area contributed by atoms with E-state index >= 15 is 0 Å². The molecule has 0 aliphatic heterocycles. The maximum absolute atomic E-state index is 10.2. The average molecular weight is 266 g/mol. The molecule has 0 fully saturated rings. The predicted octanol–water partition coefficient (Wildman–Crippen LogP) is 1.41. The first-order valence-corrected chi connectivity index (χ1v) is 6.55. The van der Waals surface area contributed by atoms with Crippen molar-refractivity contribution in [1.29, 1.82) is 0 Å². The van der Waals surface area contributed by atoms with Gasteiger partial charge in [0.25, 0.3) is 0 Å². The van der Waals surface area contributed by atoms with Crippen molar-refractivity contribution in [1.82, 2.24) is 10.2 Å². The molecular formula is C15H26N2O2. The Hall–Kier alpha value is -1.10. The number of likely N-dealkylation sites (N-methyl/N-ethyl adjacent to an activating group) is 1. The second-order valence-electron chi connectivity index (χ2n) is 5.65. The Morgan fingerprint density at radius 2 is 2.05 bits per heavy atom. The molecule has 0 saturated heterocycles. The van der Waals surface area contributed by atoms with Gasteiger partial charge in [-0.1, -0.05) is 17.7 Å². The van der Waals surface area contributed by atoms with Crippen molar-refractivity contribution in [3.8, 4) is 5.75 Å². The first-order valence-electron chi connectivity index (χ1n) is 6.55. The van der Waals surface area contributed by atoms with Crippen molar-refractivity contribution in [2.24, 2.45) is 0 Å². The van der Waals surface area contributed by atoms with Crippen LogP contribution in [0, 0.1) is 6.92 Å². The molecule has 1 aromatic rings. The Bertz CT molecular complexity index is 403. The number of hydrogen-bond acceptors (Lipinski definition) is 4. The van der Waals surface area contributed by atoms with Crippen molar-refractivity contribution in [2.75, 3.05) is 34.3 Å². The fraction of sp³-hybridized carbons (Fsp3) is 0.600. The summed E-state index contributed by atoms with van der Waals surface area (Å²) in [7, 11) is 5.59. The highest BCUT2D eigenvalue weighted by Gasteiger charge is 2.20. The molecule has 0 amide bonds. The molecule has 1 unspecified atom stereocenters. The Kier molecular flexibility index (Phi) is 5.79. The van der Waals surface area contributed by atoms with Gasteiger partial charge in [-0.05, 0) is 34.0 Å². The lowest BCUT2D eigenvalue weighted by Crippen LogP contribution is -2.45. The quantitative estimate of drug-likeness (QED) is 0.783. The number of nitrogens with zero attached hydrogens (tertiary/aromatic N) is 1. The van der Waals surface area contributed by atoms with E-state index in [1.165, 1.54) is 5.56 Å². The van der Waals surface area contributed by atoms with Gasteiger partial charge in [0, 0.05) is 25.2 Å². The second kappa shape index (κ2) is 6.89. The van der Waals surface area contributed by atoms with E-state index in [1.54, 1.807) is 7.11 Å². The van der Waals surface area contributed by atoms with Gasteiger partial charge in [-0.15, -0.1) is 0 Å². The lowest BCUT2D eigenvalue weighted by Gasteiger charge is -2.27. The third-order valence-corrected chi connectivity index (χ3v) is 2.91. The Labute approximate surface area is 116 Å². The number of hydrogen-bond donors (Lipinski definition) is 2. The van der Waals surface area contributed by atoms with E-state index in [9.17, 15) is 5.11 Å². The van der Waals surface area contributed by atoms with Crippen LogP contribution in [0.15, 0.2) is 18.2 Å². The standard InChI is InChI=1S/C15H26N2O2/c1-12-6-7-14(19-5)13(8-12)9-16-10-15(2,18)11-17(3)4/h6-8,16,18H,9-11H2,1-5H3. The topological polar surface area (TPSA) is 44.7 Å². The van der Waals surface area contributed by atoms with Crippen LogP contribution in [0.4, 0.5) is 0 Å². The van der Waals surface area contributed by atoms with Crippen LogP contribution in [0.5, 0.6) is 5.75 Å². The molecule has 1 atom stereocenters. The van der Waals surface area contributed by atoms with Crippen molar-refractivity contribution in [3.05, 3.63) is 29.3 Å². The van der Waals surface area contributed by atoms with Crippen molar-refractivity contribution in [3.63, 3.8) is 0 Å². The predicted molar refractivity (Wildman–Crippen MR) is 78.6 cm³/mol. The van der Waals surface area contributed by atoms with Crippen LogP contribution in [0.3, 0.4) is 0 Å². The smallest absolute Gasteiger partial charge is 0.123 e. The average Bonchev–Trinajstić information content (AvgIpc) is 2.27. The molecule has 0 spiro atoms. The van der Waals surface area contributed by atoms with Gasteiger partial charge in [-0.3, -0.25) is 0 Å². The molecule has 108 valence electrons. The lowest BCUT2D eigenvalue weighted by atomic mass is 10.1. The molecular weight excluding hydrogens is 240 g/mol. The highest BCUT2D eigenvalue weighted by atomic mass is 16.5. The largest absolute Gasteiger partial charge is 0.496 e. The van der Waals surface area contributed by atoms with E-state index in [-0.39, 0.29) is 0 Å². The van der Waals surface area contributed by atoms with Gasteiger partial charge >= 0.3 is 0 Å². The van der Waals surface area contributed by atoms with E-state index in [2.05, 4.69) is 18.3 Å². The Balaban J connectivity index is 2.55. The van der Waals surface area contributed by atoms with E-state index < -0.39 is 5.60 Å². The summed E-state index contributed by atoms with van der Waals surface area (Å²) in [5.41, 5.74) is 1.58. The van der Waals surface area contributed by atoms with Crippen LogP contribution < -0.4 is 10.1 Å². The number of ether oxygens (including phenoxy) is 1. The second-order valence-corrected chi connectivity index (χ2v) is 5.65. The van der Waals surface area contributed by atoms with Crippen LogP contribution in [0.25, 0.3) is 0 Å². The zero-order valence-corrected chi connectivity index (χ0v) is 12.7. The summed E-state index contributed by atoms with van der Waals surface area (Å²) in [6.07, 6.45) is 0. The summed E-state index contributed by atoms with van der Waals surface area (Å²) >= 11 is 0. The van der Waals surface area contributed by atoms with E-state index in [4.69, 9.17) is 4.74 Å². The fourth-order valence-electron chi connectivity index (χ4n) is 2.25. The SMILES string of the molecule is COc1ccc(C)cc1CNCC(C)(O)CN(C)C. The molecule has 4 heteroatoms. The number of methoxy groups -OCH3 is 1. The summed E-state index contributed by atoms with van der Waals surface area (Å²) in [6.45, 7) is 5.76. The van der Waals surface area contributed by atoms with Crippen molar-refractivity contribution >= 4 is 0 Å². The molecule has 1 rings (SSSR count). The number of nitrogens with one attached hydrogen (secondary N) is 1. The summed E-state index contributed by atoms with van der Waals surface area (Å²) in [5, 5.41) is 13.5. The van der Waals surface area contributed by atoms with E-state index in [0.717, 1.165) is 11.3 Å². The molecule has 1 aromatic carbocycles. The van der Waals surface area contributed by atoms with Crippen molar-refractivity contribution in [2.45, 2.75) is 26.0 Å². The van der Waals surface area contributed by atoms with E-state index in [0.29, 0.717) is 19.6 Å². The van der Waals surface area contributed by atoms with Crippen LogP contribution >= 0.6 is 0 Å². The third-order valence-electron chi connectivity index (χ3n) is 2.91. The minimum absolute atomic E-state index is 0.544. The number of aliphatic hydroxyl groups is 1. The molecule has 0 radical (unpaired) electrons. The highest BCUT2D eigenvalue weighted by molar-refractivity contribution is 5.36. The zero-order valence-electron chi connectivity index (χ0n) is 12.7. The number of rotatable bonds is 7. The van der Waals surface area contributed by atoms with Gasteiger partial charge in [0.2, 0.25) is 0 Å². The fourth-order valence-corrected chi connectivity index (χ4v) is 2.25. The molecule has 0 bridgehead atoms. The molecule has 2 N–H and O–H groups in total. The van der Waals surface area contributed by atoms with E-state index in [1.807, 2.05) is 38.1 Å². The van der Waals surface area contributed by atoms with Gasteiger partial charge in [-0.2, -0.15) is 0 Å². The monoisotopic (exact) mass is 266 g/mol. The van der Waals surface area contributed by atoms with Gasteiger partial charge in [0.1, 0.15) is 5.75 Å². The van der Waals surface area contributed by atoms with Gasteiger partial charge in [0.15, 0.2) is 0 Å². The summed E-state index contributed by atoms with van der Waals surface area (Å²) in [5.74, 6) is 0.880. The van der Waals surface area contributed by atoms with Crippen molar-refractivity contribution < 1.29 is 9.84 Å². The van der Waals surface area contributed by atoms with Gasteiger partial charge < -0.3 is 20.1 Å². The number of benzene rings is 1. The lowest BCUT2D eigenvalue weighted by molar-refractivity contribution is 0.0335. The van der Waals surface area contributed by atoms with Crippen LogP contribution in [-0.2, 0) is 6.54 Å². The molecule has 0 heterocycles.